The second-order valence-corrected chi connectivity index (χ2v) is 5.26. The van der Waals surface area contributed by atoms with Gasteiger partial charge in [0.25, 0.3) is 5.91 Å². The van der Waals surface area contributed by atoms with Gasteiger partial charge in [0.1, 0.15) is 17.5 Å². The summed E-state index contributed by atoms with van der Waals surface area (Å²) < 4.78 is 43.3. The summed E-state index contributed by atoms with van der Waals surface area (Å²) in [5.74, 6) is -2.12. The van der Waals surface area contributed by atoms with Gasteiger partial charge in [-0.25, -0.2) is 13.8 Å². The van der Waals surface area contributed by atoms with Gasteiger partial charge >= 0.3 is 0 Å². The highest BCUT2D eigenvalue weighted by atomic mass is 19.1. The molecule has 1 saturated heterocycles. The molecule has 0 aromatic carbocycles. The molecular weight excluding hydrogens is 336 g/mol. The Labute approximate surface area is 141 Å². The number of ether oxygens (including phenoxy) is 3. The fraction of sp³-hybridized carbons (Fsp3) is 0.312. The van der Waals surface area contributed by atoms with Crippen molar-refractivity contribution in [3.05, 3.63) is 42.0 Å². The molecule has 0 radical (unpaired) electrons. The summed E-state index contributed by atoms with van der Waals surface area (Å²) in [4.78, 5) is 19.5. The van der Waals surface area contributed by atoms with Crippen LogP contribution < -0.4 is 14.8 Å². The fourth-order valence-corrected chi connectivity index (χ4v) is 2.29. The zero-order chi connectivity index (χ0) is 17.8. The minimum Gasteiger partial charge on any atom is -0.491 e. The summed E-state index contributed by atoms with van der Waals surface area (Å²) in [5, 5.41) is 2.14. The highest BCUT2D eigenvalue weighted by molar-refractivity contribution is 6.03. The molecule has 3 rings (SSSR count). The molecule has 9 heteroatoms. The molecule has 7 nitrogen and oxygen atoms in total. The summed E-state index contributed by atoms with van der Waals surface area (Å²) in [6, 6.07) is 1.35. The van der Waals surface area contributed by atoms with Crippen LogP contribution in [0.3, 0.4) is 0 Å². The molecule has 1 aliphatic rings. The van der Waals surface area contributed by atoms with Gasteiger partial charge in [0.05, 0.1) is 38.9 Å². The van der Waals surface area contributed by atoms with Crippen molar-refractivity contribution >= 4 is 11.6 Å². The molecule has 3 heterocycles. The predicted molar refractivity (Wildman–Crippen MR) is 82.7 cm³/mol. The molecule has 0 aliphatic carbocycles. The Morgan fingerprint density at radius 3 is 2.68 bits per heavy atom. The Morgan fingerprint density at radius 1 is 1.28 bits per heavy atom. The van der Waals surface area contributed by atoms with Crippen molar-refractivity contribution in [2.75, 3.05) is 25.6 Å². The number of nitrogens with one attached hydrogen (secondary N) is 1. The second-order valence-electron chi connectivity index (χ2n) is 5.26. The van der Waals surface area contributed by atoms with Crippen molar-refractivity contribution in [2.45, 2.75) is 12.5 Å². The molecule has 0 bridgehead atoms. The van der Waals surface area contributed by atoms with Gasteiger partial charge in [0, 0.05) is 12.5 Å². The maximum absolute atomic E-state index is 13.6. The SMILES string of the molecule is COc1cnc(C(=O)Nc2c(F)cncc2F)cc1OC1CCOC1. The Balaban J connectivity index is 1.82. The molecule has 0 spiro atoms. The summed E-state index contributed by atoms with van der Waals surface area (Å²) in [6.45, 7) is 1.02. The van der Waals surface area contributed by atoms with Gasteiger partial charge < -0.3 is 19.5 Å². The van der Waals surface area contributed by atoms with Crippen LogP contribution in [0.2, 0.25) is 0 Å². The number of halogens is 2. The molecule has 0 saturated carbocycles. The Hall–Kier alpha value is -2.81. The first-order valence-electron chi connectivity index (χ1n) is 7.47. The van der Waals surface area contributed by atoms with E-state index in [1.807, 2.05) is 0 Å². The third kappa shape index (κ3) is 3.82. The van der Waals surface area contributed by atoms with E-state index in [-0.39, 0.29) is 11.8 Å². The Bertz CT molecular complexity index is 762. The van der Waals surface area contributed by atoms with Gasteiger partial charge in [-0.1, -0.05) is 0 Å². The van der Waals surface area contributed by atoms with Crippen molar-refractivity contribution in [3.63, 3.8) is 0 Å². The van der Waals surface area contributed by atoms with Crippen LogP contribution in [0.15, 0.2) is 24.7 Å². The summed E-state index contributed by atoms with van der Waals surface area (Å²) in [6.07, 6.45) is 3.45. The number of anilines is 1. The second kappa shape index (κ2) is 7.39. The molecule has 1 unspecified atom stereocenters. The lowest BCUT2D eigenvalue weighted by molar-refractivity contribution is 0.101. The normalized spacial score (nSPS) is 16.5. The molecule has 1 N–H and O–H groups in total. The zero-order valence-corrected chi connectivity index (χ0v) is 13.3. The highest BCUT2D eigenvalue weighted by Crippen LogP contribution is 2.29. The van der Waals surface area contributed by atoms with Crippen molar-refractivity contribution < 1.29 is 27.8 Å². The lowest BCUT2D eigenvalue weighted by atomic mass is 10.2. The van der Waals surface area contributed by atoms with Crippen LogP contribution in [0.25, 0.3) is 0 Å². The van der Waals surface area contributed by atoms with Gasteiger partial charge in [0.2, 0.25) is 0 Å². The highest BCUT2D eigenvalue weighted by Gasteiger charge is 2.21. The van der Waals surface area contributed by atoms with Crippen LogP contribution in [-0.2, 0) is 4.74 Å². The number of nitrogens with zero attached hydrogens (tertiary/aromatic N) is 2. The average molecular weight is 351 g/mol. The molecule has 1 fully saturated rings. The van der Waals surface area contributed by atoms with Crippen LogP contribution in [0, 0.1) is 11.6 Å². The fourth-order valence-electron chi connectivity index (χ4n) is 2.29. The number of aromatic nitrogens is 2. The van der Waals surface area contributed by atoms with E-state index < -0.39 is 23.2 Å². The van der Waals surface area contributed by atoms with Crippen LogP contribution in [-0.4, -0.2) is 42.3 Å². The van der Waals surface area contributed by atoms with E-state index in [1.165, 1.54) is 19.4 Å². The van der Waals surface area contributed by atoms with Crippen molar-refractivity contribution in [1.29, 1.82) is 0 Å². The topological polar surface area (TPSA) is 82.6 Å². The number of methoxy groups -OCH3 is 1. The third-order valence-corrected chi connectivity index (χ3v) is 3.56. The predicted octanol–water partition coefficient (Wildman–Crippen LogP) is 2.18. The van der Waals surface area contributed by atoms with E-state index in [0.29, 0.717) is 31.1 Å². The number of pyridine rings is 2. The Morgan fingerprint density at radius 2 is 2.04 bits per heavy atom. The first-order valence-corrected chi connectivity index (χ1v) is 7.47. The summed E-state index contributed by atoms with van der Waals surface area (Å²) in [5.41, 5.74) is -0.672. The molecule has 1 amide bonds. The lowest BCUT2D eigenvalue weighted by Gasteiger charge is -2.15. The number of carbonyl (C=O) groups is 1. The molecular formula is C16H15F2N3O4. The number of amides is 1. The smallest absolute Gasteiger partial charge is 0.274 e. The van der Waals surface area contributed by atoms with Crippen LogP contribution in [0.5, 0.6) is 11.5 Å². The maximum atomic E-state index is 13.6. The average Bonchev–Trinajstić information content (AvgIpc) is 3.11. The van der Waals surface area contributed by atoms with E-state index in [9.17, 15) is 13.6 Å². The van der Waals surface area contributed by atoms with E-state index in [4.69, 9.17) is 14.2 Å². The Kier molecular flexibility index (Phi) is 5.03. The molecule has 2 aromatic heterocycles. The maximum Gasteiger partial charge on any atom is 0.274 e. The minimum absolute atomic E-state index is 0.0784. The molecule has 1 atom stereocenters. The van der Waals surface area contributed by atoms with Gasteiger partial charge in [-0.15, -0.1) is 0 Å². The number of hydrogen-bond acceptors (Lipinski definition) is 6. The monoisotopic (exact) mass is 351 g/mol. The number of carbonyl (C=O) groups excluding carboxylic acids is 1. The van der Waals surface area contributed by atoms with Crippen molar-refractivity contribution in [1.82, 2.24) is 9.97 Å². The molecule has 1 aliphatic heterocycles. The van der Waals surface area contributed by atoms with E-state index in [0.717, 1.165) is 12.4 Å². The van der Waals surface area contributed by atoms with Crippen LogP contribution in [0.1, 0.15) is 16.9 Å². The number of rotatable bonds is 5. The third-order valence-electron chi connectivity index (χ3n) is 3.56. The molecule has 2 aromatic rings. The van der Waals surface area contributed by atoms with E-state index in [1.54, 1.807) is 0 Å². The standard InChI is InChI=1S/C16H15F2N3O4/c1-23-14-7-20-12(4-13(14)25-9-2-3-24-8-9)16(22)21-15-10(17)5-19-6-11(15)18/h4-7,9H,2-3,8H2,1H3,(H,19,21,22). The molecule has 132 valence electrons. The largest absolute Gasteiger partial charge is 0.491 e. The summed E-state index contributed by atoms with van der Waals surface area (Å²) >= 11 is 0. The van der Waals surface area contributed by atoms with Crippen LogP contribution >= 0.6 is 0 Å². The van der Waals surface area contributed by atoms with Gasteiger partial charge in [0.15, 0.2) is 23.1 Å². The van der Waals surface area contributed by atoms with Gasteiger partial charge in [-0.2, -0.15) is 0 Å². The van der Waals surface area contributed by atoms with Crippen LogP contribution in [0.4, 0.5) is 14.5 Å². The zero-order valence-electron chi connectivity index (χ0n) is 13.3. The molecule has 25 heavy (non-hydrogen) atoms. The quantitative estimate of drug-likeness (QED) is 0.889. The lowest BCUT2D eigenvalue weighted by Crippen LogP contribution is -2.19. The minimum atomic E-state index is -0.985. The van der Waals surface area contributed by atoms with Crippen molar-refractivity contribution in [2.24, 2.45) is 0 Å². The van der Waals surface area contributed by atoms with E-state index >= 15 is 0 Å². The van der Waals surface area contributed by atoms with Gasteiger partial charge in [-0.05, 0) is 0 Å². The first-order chi connectivity index (χ1) is 12.1. The number of hydrogen-bond donors (Lipinski definition) is 1. The van der Waals surface area contributed by atoms with E-state index in [2.05, 4.69) is 15.3 Å². The summed E-state index contributed by atoms with van der Waals surface area (Å²) in [7, 11) is 1.44. The first kappa shape index (κ1) is 17.0. The van der Waals surface area contributed by atoms with Crippen molar-refractivity contribution in [3.8, 4) is 11.5 Å². The van der Waals surface area contributed by atoms with Gasteiger partial charge in [-0.3, -0.25) is 9.78 Å².